The summed E-state index contributed by atoms with van der Waals surface area (Å²) in [7, 11) is 0. The zero-order valence-corrected chi connectivity index (χ0v) is 15.2. The van der Waals surface area contributed by atoms with Crippen LogP contribution in [-0.4, -0.2) is 63.2 Å². The molecule has 0 saturated carbocycles. The summed E-state index contributed by atoms with van der Waals surface area (Å²) in [5, 5.41) is 4.41. The van der Waals surface area contributed by atoms with Crippen LogP contribution in [0.2, 0.25) is 0 Å². The molecule has 2 saturated heterocycles. The fourth-order valence-corrected chi connectivity index (χ4v) is 4.21. The van der Waals surface area contributed by atoms with Crippen molar-refractivity contribution in [2.24, 2.45) is 11.7 Å². The van der Waals surface area contributed by atoms with Gasteiger partial charge in [-0.2, -0.15) is 14.5 Å². The topological polar surface area (TPSA) is 115 Å². The van der Waals surface area contributed by atoms with E-state index >= 15 is 0 Å². The normalized spacial score (nSPS) is 23.7. The Morgan fingerprint density at radius 2 is 2.11 bits per heavy atom. The lowest BCUT2D eigenvalue weighted by molar-refractivity contribution is 0.0982. The van der Waals surface area contributed by atoms with Crippen molar-refractivity contribution in [3.8, 4) is 11.6 Å². The van der Waals surface area contributed by atoms with E-state index < -0.39 is 0 Å². The summed E-state index contributed by atoms with van der Waals surface area (Å²) in [6.07, 6.45) is 3.99. The van der Waals surface area contributed by atoms with E-state index in [-0.39, 0.29) is 0 Å². The minimum atomic E-state index is 0.487. The third-order valence-electron chi connectivity index (χ3n) is 5.73. The molecule has 4 N–H and O–H groups in total. The Balaban J connectivity index is 1.40. The van der Waals surface area contributed by atoms with Crippen LogP contribution < -0.4 is 16.4 Å². The summed E-state index contributed by atoms with van der Waals surface area (Å²) in [5.74, 6) is 3.60. The van der Waals surface area contributed by atoms with Gasteiger partial charge in [-0.1, -0.05) is 0 Å². The van der Waals surface area contributed by atoms with Crippen molar-refractivity contribution in [3.05, 3.63) is 24.5 Å². The third kappa shape index (κ3) is 2.92. The van der Waals surface area contributed by atoms with Crippen LogP contribution >= 0.6 is 0 Å². The fraction of sp³-hybridized carbons (Fsp3) is 0.500. The van der Waals surface area contributed by atoms with Gasteiger partial charge < -0.3 is 20.8 Å². The second-order valence-corrected chi connectivity index (χ2v) is 7.44. The van der Waals surface area contributed by atoms with Gasteiger partial charge in [0.05, 0.1) is 6.26 Å². The largest absolute Gasteiger partial charge is 0.461 e. The number of nitrogens with two attached hydrogens (primary N) is 2. The standard InChI is InChI=1S/C18H24N8O/c19-9-12-3-4-13-11-25(6-5-24(13)10-12)16-8-15(20)26-18(21-16)22-17(23-26)14-2-1-7-27-14/h1-2,7-8,12-13H,3-6,9-11,19-20H2/t12-,13-/m0/s1. The fourth-order valence-electron chi connectivity index (χ4n) is 4.21. The number of fused-ring (bicyclic) bond motifs is 2. The molecule has 0 bridgehead atoms. The molecule has 0 radical (unpaired) electrons. The first kappa shape index (κ1) is 16.5. The van der Waals surface area contributed by atoms with Crippen LogP contribution in [0.5, 0.6) is 0 Å². The van der Waals surface area contributed by atoms with E-state index in [0.29, 0.717) is 35.1 Å². The molecule has 9 nitrogen and oxygen atoms in total. The second kappa shape index (κ2) is 6.50. The number of piperidine rings is 1. The number of piperazine rings is 1. The quantitative estimate of drug-likeness (QED) is 0.698. The zero-order chi connectivity index (χ0) is 18.4. The molecule has 0 amide bonds. The molecule has 2 atom stereocenters. The van der Waals surface area contributed by atoms with Crippen LogP contribution in [0.4, 0.5) is 11.6 Å². The molecule has 0 unspecified atom stereocenters. The van der Waals surface area contributed by atoms with Crippen molar-refractivity contribution >= 4 is 17.4 Å². The maximum atomic E-state index is 6.24. The summed E-state index contributed by atoms with van der Waals surface area (Å²) in [5.41, 5.74) is 12.1. The summed E-state index contributed by atoms with van der Waals surface area (Å²) in [6.45, 7) is 4.81. The highest BCUT2D eigenvalue weighted by molar-refractivity contribution is 5.57. The molecule has 27 heavy (non-hydrogen) atoms. The maximum absolute atomic E-state index is 6.24. The molecule has 0 spiro atoms. The zero-order valence-electron chi connectivity index (χ0n) is 15.2. The van der Waals surface area contributed by atoms with E-state index in [1.54, 1.807) is 10.8 Å². The number of hydrogen-bond donors (Lipinski definition) is 2. The van der Waals surface area contributed by atoms with E-state index in [1.165, 1.54) is 12.8 Å². The SMILES string of the molecule is NC[C@@H]1CC[C@H]2CN(c3cc(N)n4nc(-c5ccco5)nc4n3)CCN2C1. The molecular formula is C18H24N8O. The lowest BCUT2D eigenvalue weighted by Crippen LogP contribution is -2.57. The molecule has 2 aliphatic heterocycles. The van der Waals surface area contributed by atoms with Gasteiger partial charge in [0.25, 0.3) is 5.78 Å². The van der Waals surface area contributed by atoms with Crippen molar-refractivity contribution in [1.29, 1.82) is 0 Å². The third-order valence-corrected chi connectivity index (χ3v) is 5.73. The van der Waals surface area contributed by atoms with Crippen molar-refractivity contribution in [2.45, 2.75) is 18.9 Å². The first-order chi connectivity index (χ1) is 13.2. The van der Waals surface area contributed by atoms with Crippen LogP contribution in [0.25, 0.3) is 17.4 Å². The average molecular weight is 368 g/mol. The molecule has 5 rings (SSSR count). The van der Waals surface area contributed by atoms with Crippen molar-refractivity contribution in [2.75, 3.05) is 43.4 Å². The van der Waals surface area contributed by atoms with E-state index in [2.05, 4.69) is 19.9 Å². The van der Waals surface area contributed by atoms with Crippen molar-refractivity contribution in [3.63, 3.8) is 0 Å². The minimum absolute atomic E-state index is 0.487. The first-order valence-corrected chi connectivity index (χ1v) is 9.47. The molecule has 5 heterocycles. The number of aromatic nitrogens is 4. The molecule has 142 valence electrons. The Morgan fingerprint density at radius 1 is 1.19 bits per heavy atom. The van der Waals surface area contributed by atoms with Gasteiger partial charge in [-0.15, -0.1) is 5.10 Å². The Bertz CT molecular complexity index is 936. The highest BCUT2D eigenvalue weighted by atomic mass is 16.3. The van der Waals surface area contributed by atoms with Gasteiger partial charge in [-0.25, -0.2) is 0 Å². The molecular weight excluding hydrogens is 344 g/mol. The number of hydrogen-bond acceptors (Lipinski definition) is 8. The van der Waals surface area contributed by atoms with Gasteiger partial charge in [-0.05, 0) is 37.4 Å². The number of furan rings is 1. The lowest BCUT2D eigenvalue weighted by atomic mass is 9.91. The minimum Gasteiger partial charge on any atom is -0.461 e. The molecule has 3 aromatic rings. The first-order valence-electron chi connectivity index (χ1n) is 9.47. The van der Waals surface area contributed by atoms with E-state index in [0.717, 1.165) is 38.5 Å². The second-order valence-electron chi connectivity index (χ2n) is 7.44. The molecule has 0 aromatic carbocycles. The number of nitrogen functional groups attached to an aromatic ring is 1. The highest BCUT2D eigenvalue weighted by Gasteiger charge is 2.33. The molecule has 9 heteroatoms. The predicted octanol–water partition coefficient (Wildman–Crippen LogP) is 0.826. The van der Waals surface area contributed by atoms with E-state index in [4.69, 9.17) is 20.9 Å². The summed E-state index contributed by atoms with van der Waals surface area (Å²) in [4.78, 5) is 14.1. The van der Waals surface area contributed by atoms with Crippen LogP contribution in [0, 0.1) is 5.92 Å². The molecule has 0 aliphatic carbocycles. The Labute approximate surface area is 157 Å². The van der Waals surface area contributed by atoms with E-state index in [1.807, 2.05) is 18.2 Å². The Morgan fingerprint density at radius 3 is 2.93 bits per heavy atom. The predicted molar refractivity (Wildman–Crippen MR) is 102 cm³/mol. The number of nitrogens with zero attached hydrogens (tertiary/aromatic N) is 6. The van der Waals surface area contributed by atoms with Crippen LogP contribution in [0.15, 0.2) is 28.9 Å². The Kier molecular flexibility index (Phi) is 3.98. The van der Waals surface area contributed by atoms with Gasteiger partial charge in [0.15, 0.2) is 5.76 Å². The van der Waals surface area contributed by atoms with Crippen LogP contribution in [0.1, 0.15) is 12.8 Å². The van der Waals surface area contributed by atoms with Crippen LogP contribution in [-0.2, 0) is 0 Å². The Hall–Kier alpha value is -2.65. The molecule has 2 aliphatic rings. The molecule has 2 fully saturated rings. The number of rotatable bonds is 3. The smallest absolute Gasteiger partial charge is 0.256 e. The molecule has 3 aromatic heterocycles. The van der Waals surface area contributed by atoms with E-state index in [9.17, 15) is 0 Å². The van der Waals surface area contributed by atoms with Crippen molar-refractivity contribution in [1.82, 2.24) is 24.5 Å². The summed E-state index contributed by atoms with van der Waals surface area (Å²) >= 11 is 0. The van der Waals surface area contributed by atoms with Gasteiger partial charge >= 0.3 is 0 Å². The van der Waals surface area contributed by atoms with Gasteiger partial charge in [0, 0.05) is 38.3 Å². The summed E-state index contributed by atoms with van der Waals surface area (Å²) < 4.78 is 6.94. The highest BCUT2D eigenvalue weighted by Crippen LogP contribution is 2.28. The van der Waals surface area contributed by atoms with Crippen molar-refractivity contribution < 1.29 is 4.42 Å². The monoisotopic (exact) mass is 368 g/mol. The number of anilines is 2. The average Bonchev–Trinajstić information content (AvgIpc) is 3.36. The lowest BCUT2D eigenvalue weighted by Gasteiger charge is -2.46. The van der Waals surface area contributed by atoms with Gasteiger partial charge in [-0.3, -0.25) is 4.90 Å². The van der Waals surface area contributed by atoms with Crippen LogP contribution in [0.3, 0.4) is 0 Å². The summed E-state index contributed by atoms with van der Waals surface area (Å²) in [6, 6.07) is 6.07. The van der Waals surface area contributed by atoms with Gasteiger partial charge in [0.2, 0.25) is 5.82 Å². The van der Waals surface area contributed by atoms with Gasteiger partial charge in [0.1, 0.15) is 11.6 Å². The maximum Gasteiger partial charge on any atom is 0.256 e.